The predicted molar refractivity (Wildman–Crippen MR) is 87.3 cm³/mol. The first kappa shape index (κ1) is 15.3. The molecule has 7 heteroatoms. The van der Waals surface area contributed by atoms with E-state index in [-0.39, 0.29) is 44.7 Å². The van der Waals surface area contributed by atoms with E-state index in [1.807, 2.05) is 0 Å². The van der Waals surface area contributed by atoms with Crippen LogP contribution in [0.15, 0.2) is 18.2 Å². The number of fused-ring (bicyclic) bond motifs is 1. The van der Waals surface area contributed by atoms with Crippen molar-refractivity contribution in [1.29, 1.82) is 0 Å². The minimum Gasteiger partial charge on any atom is -0.506 e. The van der Waals surface area contributed by atoms with E-state index in [9.17, 15) is 14.7 Å². The zero-order chi connectivity index (χ0) is 15.3. The van der Waals surface area contributed by atoms with Crippen LogP contribution in [0, 0.1) is 11.8 Å². The SMILES string of the molecule is O=C1[C@@H]2C[C@H](Br)[C@@H](Br)C[C@H]2C(=O)N1c1cc(Cl)ccc1O. The number of carbonyl (C=O) groups excluding carboxylic acids is 2. The molecule has 3 rings (SSSR count). The van der Waals surface area contributed by atoms with E-state index in [4.69, 9.17) is 11.6 Å². The lowest BCUT2D eigenvalue weighted by Crippen LogP contribution is -2.34. The lowest BCUT2D eigenvalue weighted by molar-refractivity contribution is -0.122. The molecule has 0 aromatic heterocycles. The molecule has 1 saturated heterocycles. The number of phenols is 1. The number of anilines is 1. The van der Waals surface area contributed by atoms with Crippen molar-refractivity contribution in [2.45, 2.75) is 22.5 Å². The Morgan fingerprint density at radius 2 is 1.62 bits per heavy atom. The first-order valence-electron chi connectivity index (χ1n) is 6.54. The van der Waals surface area contributed by atoms with Gasteiger partial charge in [0.15, 0.2) is 0 Å². The third kappa shape index (κ3) is 2.51. The molecule has 0 radical (unpaired) electrons. The molecular formula is C14H12Br2ClNO3. The first-order valence-corrected chi connectivity index (χ1v) is 8.75. The molecule has 1 aromatic rings. The Morgan fingerprint density at radius 1 is 1.10 bits per heavy atom. The van der Waals surface area contributed by atoms with Gasteiger partial charge >= 0.3 is 0 Å². The second kappa shape index (κ2) is 5.56. The standard InChI is InChI=1S/C14H12Br2ClNO3/c15-9-4-7-8(5-10(9)16)14(21)18(13(7)20)11-3-6(17)1-2-12(11)19/h1-3,7-10,19H,4-5H2/t7-,8-,9+,10+/m1/s1. The lowest BCUT2D eigenvalue weighted by Gasteiger charge is -2.29. The molecule has 1 aliphatic carbocycles. The first-order chi connectivity index (χ1) is 9.90. The van der Waals surface area contributed by atoms with Crippen LogP contribution in [0.2, 0.25) is 5.02 Å². The third-order valence-corrected chi connectivity index (χ3v) is 7.06. The molecule has 0 spiro atoms. The number of amides is 2. The number of imide groups is 1. The molecule has 4 atom stereocenters. The summed E-state index contributed by atoms with van der Waals surface area (Å²) in [6.45, 7) is 0. The maximum absolute atomic E-state index is 12.6. The zero-order valence-electron chi connectivity index (χ0n) is 10.8. The summed E-state index contributed by atoms with van der Waals surface area (Å²) in [5, 5.41) is 10.3. The summed E-state index contributed by atoms with van der Waals surface area (Å²) in [5.74, 6) is -1.31. The Morgan fingerprint density at radius 3 is 2.14 bits per heavy atom. The number of hydrogen-bond acceptors (Lipinski definition) is 3. The molecule has 112 valence electrons. The van der Waals surface area contributed by atoms with Crippen molar-refractivity contribution in [2.75, 3.05) is 4.90 Å². The molecule has 0 bridgehead atoms. The Balaban J connectivity index is 2.00. The van der Waals surface area contributed by atoms with Gasteiger partial charge in [-0.15, -0.1) is 0 Å². The van der Waals surface area contributed by atoms with E-state index < -0.39 is 0 Å². The molecule has 2 aliphatic rings. The normalized spacial score (nSPS) is 32.4. The highest BCUT2D eigenvalue weighted by molar-refractivity contribution is 9.12. The summed E-state index contributed by atoms with van der Waals surface area (Å²) in [7, 11) is 0. The van der Waals surface area contributed by atoms with Crippen LogP contribution < -0.4 is 4.90 Å². The monoisotopic (exact) mass is 435 g/mol. The van der Waals surface area contributed by atoms with E-state index >= 15 is 0 Å². The zero-order valence-corrected chi connectivity index (χ0v) is 14.7. The van der Waals surface area contributed by atoms with E-state index in [2.05, 4.69) is 31.9 Å². The minimum atomic E-state index is -0.339. The van der Waals surface area contributed by atoms with Gasteiger partial charge in [-0.3, -0.25) is 9.59 Å². The molecule has 2 amide bonds. The Kier molecular flexibility index (Phi) is 4.05. The van der Waals surface area contributed by atoms with Crippen molar-refractivity contribution in [3.05, 3.63) is 23.2 Å². The number of alkyl halides is 2. The molecule has 21 heavy (non-hydrogen) atoms. The molecule has 2 fully saturated rings. The predicted octanol–water partition coefficient (Wildman–Crippen LogP) is 3.47. The van der Waals surface area contributed by atoms with E-state index in [1.54, 1.807) is 0 Å². The number of benzene rings is 1. The van der Waals surface area contributed by atoms with Crippen LogP contribution >= 0.6 is 43.5 Å². The Labute approximate surface area is 143 Å². The van der Waals surface area contributed by atoms with Crippen LogP contribution in [0.1, 0.15) is 12.8 Å². The summed E-state index contributed by atoms with van der Waals surface area (Å²) >= 11 is 13.0. The number of hydrogen-bond donors (Lipinski definition) is 1. The van der Waals surface area contributed by atoms with Crippen molar-refractivity contribution in [2.24, 2.45) is 11.8 Å². The highest BCUT2D eigenvalue weighted by Gasteiger charge is 2.52. The van der Waals surface area contributed by atoms with Crippen molar-refractivity contribution in [3.63, 3.8) is 0 Å². The highest BCUT2D eigenvalue weighted by atomic mass is 79.9. The van der Waals surface area contributed by atoms with Gasteiger partial charge in [0, 0.05) is 14.7 Å². The van der Waals surface area contributed by atoms with Gasteiger partial charge in [0.1, 0.15) is 5.75 Å². The molecule has 1 aromatic carbocycles. The highest BCUT2D eigenvalue weighted by Crippen LogP contribution is 2.46. The second-order valence-electron chi connectivity index (χ2n) is 5.36. The van der Waals surface area contributed by atoms with Gasteiger partial charge in [-0.05, 0) is 31.0 Å². The molecule has 1 aliphatic heterocycles. The van der Waals surface area contributed by atoms with Gasteiger partial charge < -0.3 is 5.11 Å². The van der Waals surface area contributed by atoms with Crippen molar-refractivity contribution < 1.29 is 14.7 Å². The molecule has 1 heterocycles. The van der Waals surface area contributed by atoms with Crippen LogP contribution in [-0.2, 0) is 9.59 Å². The van der Waals surface area contributed by atoms with Gasteiger partial charge in [-0.1, -0.05) is 43.5 Å². The van der Waals surface area contributed by atoms with Crippen LogP contribution in [-0.4, -0.2) is 26.6 Å². The van der Waals surface area contributed by atoms with Crippen molar-refractivity contribution in [3.8, 4) is 5.75 Å². The van der Waals surface area contributed by atoms with E-state index in [0.717, 1.165) is 4.90 Å². The minimum absolute atomic E-state index is 0.120. The topological polar surface area (TPSA) is 57.6 Å². The fourth-order valence-electron chi connectivity index (χ4n) is 3.01. The second-order valence-corrected chi connectivity index (χ2v) is 8.15. The Hall–Kier alpha value is -0.590. The fourth-order valence-corrected chi connectivity index (χ4v) is 4.41. The average molecular weight is 438 g/mol. The quantitative estimate of drug-likeness (QED) is 0.541. The van der Waals surface area contributed by atoms with Crippen LogP contribution in [0.3, 0.4) is 0 Å². The third-order valence-electron chi connectivity index (χ3n) is 4.09. The fraction of sp³-hybridized carbons (Fsp3) is 0.429. The summed E-state index contributed by atoms with van der Waals surface area (Å²) < 4.78 is 0. The molecule has 1 saturated carbocycles. The maximum Gasteiger partial charge on any atom is 0.237 e. The lowest BCUT2D eigenvalue weighted by atomic mass is 9.81. The van der Waals surface area contributed by atoms with Crippen molar-refractivity contribution in [1.82, 2.24) is 0 Å². The largest absolute Gasteiger partial charge is 0.506 e. The molecule has 1 N–H and O–H groups in total. The number of nitrogens with zero attached hydrogens (tertiary/aromatic N) is 1. The molecule has 0 unspecified atom stereocenters. The Bertz CT molecular complexity index is 596. The van der Waals surface area contributed by atoms with E-state index in [1.165, 1.54) is 18.2 Å². The van der Waals surface area contributed by atoms with E-state index in [0.29, 0.717) is 17.9 Å². The van der Waals surface area contributed by atoms with Crippen LogP contribution in [0.4, 0.5) is 5.69 Å². The maximum atomic E-state index is 12.6. The summed E-state index contributed by atoms with van der Waals surface area (Å²) in [6.07, 6.45) is 1.20. The molecular weight excluding hydrogens is 425 g/mol. The van der Waals surface area contributed by atoms with Gasteiger partial charge in [0.2, 0.25) is 11.8 Å². The van der Waals surface area contributed by atoms with Crippen LogP contribution in [0.25, 0.3) is 0 Å². The number of halogens is 3. The summed E-state index contributed by atoms with van der Waals surface area (Å²) in [4.78, 5) is 26.6. The molecule has 4 nitrogen and oxygen atoms in total. The summed E-state index contributed by atoms with van der Waals surface area (Å²) in [5.41, 5.74) is 0.171. The number of aromatic hydroxyl groups is 1. The van der Waals surface area contributed by atoms with Gasteiger partial charge in [-0.25, -0.2) is 4.90 Å². The van der Waals surface area contributed by atoms with Gasteiger partial charge in [0.05, 0.1) is 17.5 Å². The van der Waals surface area contributed by atoms with Gasteiger partial charge in [0.25, 0.3) is 0 Å². The smallest absolute Gasteiger partial charge is 0.237 e. The van der Waals surface area contributed by atoms with Crippen LogP contribution in [0.5, 0.6) is 5.75 Å². The average Bonchev–Trinajstić information content (AvgIpc) is 2.66. The summed E-state index contributed by atoms with van der Waals surface area (Å²) in [6, 6.07) is 4.35. The number of carbonyl (C=O) groups is 2. The van der Waals surface area contributed by atoms with Crippen molar-refractivity contribution >= 4 is 61.0 Å². The number of rotatable bonds is 1. The number of phenolic OH excluding ortho intramolecular Hbond substituents is 1. The van der Waals surface area contributed by atoms with Gasteiger partial charge in [-0.2, -0.15) is 0 Å².